The van der Waals surface area contributed by atoms with Crippen molar-refractivity contribution in [3.8, 4) is 11.5 Å². The lowest BCUT2D eigenvalue weighted by molar-refractivity contribution is -0.115. The first-order chi connectivity index (χ1) is 21.6. The minimum absolute atomic E-state index is 0.0770. The number of nitrogens with one attached hydrogen (secondary N) is 3. The van der Waals surface area contributed by atoms with E-state index < -0.39 is 25.4 Å². The fraction of sp³-hybridized carbons (Fsp3) is 0.357. The summed E-state index contributed by atoms with van der Waals surface area (Å²) in [6.07, 6.45) is 2.72. The Morgan fingerprint density at radius 2 is 1.91 bits per heavy atom. The van der Waals surface area contributed by atoms with Crippen molar-refractivity contribution in [3.63, 3.8) is 0 Å². The highest BCUT2D eigenvalue weighted by atomic mass is 31.2. The number of H-pyrrole nitrogens is 1. The number of hydrogen-bond donors (Lipinski definition) is 5. The Morgan fingerprint density at radius 3 is 2.67 bits per heavy atom. The van der Waals surface area contributed by atoms with E-state index in [4.69, 9.17) is 19.3 Å². The van der Waals surface area contributed by atoms with E-state index in [0.29, 0.717) is 65.8 Å². The van der Waals surface area contributed by atoms with E-state index >= 15 is 0 Å². The zero-order valence-electron chi connectivity index (χ0n) is 24.6. The standard InChI is InChI=1S/C28H34F2N7O7P/c1-3-8-37(10-12-44-45(39,40)41)9-5-11-43-24-16-22-19(15-23(24)42-2)28(32-17-31-22)34-25-13-18(35-36-25)14-26(38)33-21-7-4-6-20(29)27(21)30/h4,6-7,13,15-17H,3,5,8-12,14H2,1-2H3,(H,33,38)(H2,39,40,41)(H2,31,32,34,35,36). The number of aromatic amines is 1. The minimum atomic E-state index is -4.50. The van der Waals surface area contributed by atoms with Gasteiger partial charge in [0, 0.05) is 36.3 Å². The van der Waals surface area contributed by atoms with Crippen LogP contribution >= 0.6 is 7.82 Å². The quantitative estimate of drug-likeness (QED) is 0.0815. The molecular weight excluding hydrogens is 615 g/mol. The summed E-state index contributed by atoms with van der Waals surface area (Å²) < 4.78 is 54.3. The highest BCUT2D eigenvalue weighted by molar-refractivity contribution is 7.46. The monoisotopic (exact) mass is 649 g/mol. The van der Waals surface area contributed by atoms with Crippen LogP contribution in [0.15, 0.2) is 42.7 Å². The summed E-state index contributed by atoms with van der Waals surface area (Å²) >= 11 is 0. The van der Waals surface area contributed by atoms with Crippen LogP contribution in [-0.4, -0.2) is 80.7 Å². The van der Waals surface area contributed by atoms with E-state index in [-0.39, 0.29) is 18.7 Å². The molecule has 0 saturated heterocycles. The molecule has 0 aliphatic rings. The molecule has 0 aliphatic carbocycles. The van der Waals surface area contributed by atoms with E-state index in [9.17, 15) is 18.1 Å². The second kappa shape index (κ2) is 15.7. The minimum Gasteiger partial charge on any atom is -0.493 e. The number of benzene rings is 2. The number of rotatable bonds is 17. The third-order valence-corrected chi connectivity index (χ3v) is 6.98. The number of carbonyl (C=O) groups is 1. The van der Waals surface area contributed by atoms with E-state index in [0.717, 1.165) is 19.0 Å². The maximum absolute atomic E-state index is 13.9. The number of phosphoric ester groups is 1. The first-order valence-electron chi connectivity index (χ1n) is 14.0. The second-order valence-corrected chi connectivity index (χ2v) is 11.1. The molecule has 0 radical (unpaired) electrons. The van der Waals surface area contributed by atoms with Crippen molar-refractivity contribution in [2.45, 2.75) is 26.2 Å². The molecule has 0 spiro atoms. The Kier molecular flexibility index (Phi) is 11.7. The van der Waals surface area contributed by atoms with E-state index in [2.05, 4.69) is 35.3 Å². The molecule has 0 fully saturated rings. The molecule has 0 saturated carbocycles. The first-order valence-corrected chi connectivity index (χ1v) is 15.5. The Labute approximate surface area is 257 Å². The number of halogens is 2. The molecule has 1 amide bonds. The Hall–Kier alpha value is -4.21. The smallest absolute Gasteiger partial charge is 0.469 e. The van der Waals surface area contributed by atoms with Crippen LogP contribution in [0.5, 0.6) is 11.5 Å². The van der Waals surface area contributed by atoms with Gasteiger partial charge in [-0.1, -0.05) is 13.0 Å². The zero-order valence-corrected chi connectivity index (χ0v) is 25.5. The van der Waals surface area contributed by atoms with Crippen LogP contribution in [0, 0.1) is 11.6 Å². The molecule has 2 heterocycles. The largest absolute Gasteiger partial charge is 0.493 e. The van der Waals surface area contributed by atoms with Gasteiger partial charge in [-0.15, -0.1) is 0 Å². The average Bonchev–Trinajstić information content (AvgIpc) is 3.43. The number of hydrogen-bond acceptors (Lipinski definition) is 10. The molecule has 2 aromatic carbocycles. The third kappa shape index (κ3) is 9.89. The van der Waals surface area contributed by atoms with Crippen LogP contribution in [0.25, 0.3) is 10.9 Å². The highest BCUT2D eigenvalue weighted by Crippen LogP contribution is 2.36. The Morgan fingerprint density at radius 1 is 1.09 bits per heavy atom. The van der Waals surface area contributed by atoms with Gasteiger partial charge in [0.25, 0.3) is 0 Å². The van der Waals surface area contributed by atoms with Crippen LogP contribution in [-0.2, 0) is 20.3 Å². The van der Waals surface area contributed by atoms with Crippen molar-refractivity contribution in [2.75, 3.05) is 50.6 Å². The molecule has 45 heavy (non-hydrogen) atoms. The topological polar surface area (TPSA) is 184 Å². The molecule has 17 heteroatoms. The molecule has 0 aliphatic heterocycles. The lowest BCUT2D eigenvalue weighted by Crippen LogP contribution is -2.30. The summed E-state index contributed by atoms with van der Waals surface area (Å²) in [6, 6.07) is 8.56. The van der Waals surface area contributed by atoms with Gasteiger partial charge in [0.05, 0.1) is 37.9 Å². The van der Waals surface area contributed by atoms with Crippen molar-refractivity contribution < 1.29 is 41.9 Å². The van der Waals surface area contributed by atoms with Crippen LogP contribution < -0.4 is 20.1 Å². The number of nitrogens with zero attached hydrogens (tertiary/aromatic N) is 4. The van der Waals surface area contributed by atoms with Crippen LogP contribution in [0.2, 0.25) is 0 Å². The van der Waals surface area contributed by atoms with Gasteiger partial charge in [0.2, 0.25) is 5.91 Å². The number of fused-ring (bicyclic) bond motifs is 1. The number of amides is 1. The summed E-state index contributed by atoms with van der Waals surface area (Å²) in [5, 5.41) is 12.9. The van der Waals surface area contributed by atoms with E-state index in [1.807, 2.05) is 11.8 Å². The SMILES string of the molecule is CCCN(CCCOc1cc2ncnc(Nc3cc(CC(=O)Nc4cccc(F)c4F)[nH]n3)c2cc1OC)CCOP(=O)(O)O. The van der Waals surface area contributed by atoms with Crippen LogP contribution in [0.3, 0.4) is 0 Å². The summed E-state index contributed by atoms with van der Waals surface area (Å²) in [5.41, 5.74) is 0.732. The summed E-state index contributed by atoms with van der Waals surface area (Å²) in [5.74, 6) is -1.06. The number of methoxy groups -OCH3 is 1. The van der Waals surface area contributed by atoms with Gasteiger partial charge < -0.3 is 34.8 Å². The molecule has 242 valence electrons. The van der Waals surface area contributed by atoms with Gasteiger partial charge in [0.1, 0.15) is 12.1 Å². The molecule has 0 atom stereocenters. The Bertz CT molecular complexity index is 1650. The molecule has 0 unspecified atom stereocenters. The lowest BCUT2D eigenvalue weighted by Gasteiger charge is -2.21. The van der Waals surface area contributed by atoms with Crippen LogP contribution in [0.1, 0.15) is 25.5 Å². The van der Waals surface area contributed by atoms with Crippen molar-refractivity contribution >= 4 is 42.0 Å². The maximum atomic E-state index is 13.9. The fourth-order valence-corrected chi connectivity index (χ4v) is 4.77. The molecule has 0 bridgehead atoms. The Balaban J connectivity index is 1.36. The number of carbonyl (C=O) groups excluding carboxylic acids is 1. The molecular formula is C28H34F2N7O7P. The second-order valence-electron chi connectivity index (χ2n) is 9.84. The number of ether oxygens (including phenoxy) is 2. The summed E-state index contributed by atoms with van der Waals surface area (Å²) in [4.78, 5) is 40.8. The maximum Gasteiger partial charge on any atom is 0.469 e. The molecule has 4 rings (SSSR count). The van der Waals surface area contributed by atoms with Crippen molar-refractivity contribution in [1.82, 2.24) is 25.1 Å². The van der Waals surface area contributed by atoms with Crippen LogP contribution in [0.4, 0.5) is 26.1 Å². The predicted octanol–water partition coefficient (Wildman–Crippen LogP) is 4.15. The van der Waals surface area contributed by atoms with Gasteiger partial charge in [-0.25, -0.2) is 23.3 Å². The zero-order chi connectivity index (χ0) is 32.4. The fourth-order valence-electron chi connectivity index (χ4n) is 4.45. The van der Waals surface area contributed by atoms with E-state index in [1.165, 1.54) is 25.6 Å². The van der Waals surface area contributed by atoms with Gasteiger partial charge in [0.15, 0.2) is 29.0 Å². The van der Waals surface area contributed by atoms with Gasteiger partial charge >= 0.3 is 7.82 Å². The first kappa shape index (κ1) is 33.7. The predicted molar refractivity (Wildman–Crippen MR) is 161 cm³/mol. The molecule has 2 aromatic heterocycles. The van der Waals surface area contributed by atoms with Crippen molar-refractivity contribution in [2.24, 2.45) is 0 Å². The van der Waals surface area contributed by atoms with Gasteiger partial charge in [-0.05, 0) is 37.6 Å². The van der Waals surface area contributed by atoms with Gasteiger partial charge in [-0.2, -0.15) is 5.10 Å². The number of anilines is 3. The highest BCUT2D eigenvalue weighted by Gasteiger charge is 2.17. The molecule has 5 N–H and O–H groups in total. The molecule has 14 nitrogen and oxygen atoms in total. The lowest BCUT2D eigenvalue weighted by atomic mass is 10.2. The van der Waals surface area contributed by atoms with Gasteiger partial charge in [-0.3, -0.25) is 14.4 Å². The number of aromatic nitrogens is 4. The normalized spacial score (nSPS) is 11.6. The van der Waals surface area contributed by atoms with E-state index in [1.54, 1.807) is 18.2 Å². The summed E-state index contributed by atoms with van der Waals surface area (Å²) in [6.45, 7) is 4.06. The van der Waals surface area contributed by atoms with Crippen molar-refractivity contribution in [1.29, 1.82) is 0 Å². The number of phosphoric acid groups is 1. The average molecular weight is 650 g/mol. The van der Waals surface area contributed by atoms with Crippen molar-refractivity contribution in [3.05, 3.63) is 60.1 Å². The third-order valence-electron chi connectivity index (χ3n) is 6.46. The summed E-state index contributed by atoms with van der Waals surface area (Å²) in [7, 11) is -2.99. The molecule has 4 aromatic rings.